The van der Waals surface area contributed by atoms with Crippen LogP contribution < -0.4 is 5.73 Å². The molecule has 0 radical (unpaired) electrons. The molecule has 2 N–H and O–H groups in total. The molecule has 0 heterocycles. The highest BCUT2D eigenvalue weighted by atomic mass is 19.4. The number of ether oxygens (including phenoxy) is 1. The van der Waals surface area contributed by atoms with Crippen LogP contribution in [0.2, 0.25) is 0 Å². The minimum absolute atomic E-state index is 0.235. The van der Waals surface area contributed by atoms with E-state index in [1.807, 2.05) is 0 Å². The van der Waals surface area contributed by atoms with E-state index in [9.17, 15) is 13.2 Å². The van der Waals surface area contributed by atoms with Gasteiger partial charge in [0.2, 0.25) is 0 Å². The van der Waals surface area contributed by atoms with Gasteiger partial charge in [-0.05, 0) is 13.5 Å². The fourth-order valence-corrected chi connectivity index (χ4v) is 1.54. The van der Waals surface area contributed by atoms with E-state index in [4.69, 9.17) is 10.5 Å². The van der Waals surface area contributed by atoms with Gasteiger partial charge < -0.3 is 10.5 Å². The second-order valence-corrected chi connectivity index (χ2v) is 3.47. The SMILES string of the molecule is CCN(CCOC)C(C(C)N)C(F)(F)F. The first-order chi connectivity index (χ1) is 6.84. The Labute approximate surface area is 88.4 Å². The van der Waals surface area contributed by atoms with Crippen LogP contribution in [0.15, 0.2) is 0 Å². The van der Waals surface area contributed by atoms with Crippen LogP contribution in [-0.4, -0.2) is 50.0 Å². The molecule has 2 unspecified atom stereocenters. The number of halogens is 3. The Hall–Kier alpha value is -0.330. The molecule has 0 aliphatic carbocycles. The lowest BCUT2D eigenvalue weighted by Gasteiger charge is -2.34. The van der Waals surface area contributed by atoms with Gasteiger partial charge in [-0.2, -0.15) is 13.2 Å². The van der Waals surface area contributed by atoms with Gasteiger partial charge in [0.05, 0.1) is 6.61 Å². The molecule has 0 spiro atoms. The normalized spacial score (nSPS) is 16.8. The third kappa shape index (κ3) is 4.81. The summed E-state index contributed by atoms with van der Waals surface area (Å²) < 4.78 is 42.8. The molecular formula is C9H19F3N2O. The minimum Gasteiger partial charge on any atom is -0.383 e. The van der Waals surface area contributed by atoms with Crippen molar-refractivity contribution in [3.63, 3.8) is 0 Å². The molecule has 3 nitrogen and oxygen atoms in total. The van der Waals surface area contributed by atoms with Crippen molar-refractivity contribution in [2.24, 2.45) is 5.73 Å². The zero-order valence-corrected chi connectivity index (χ0v) is 9.34. The summed E-state index contributed by atoms with van der Waals surface area (Å²) in [6.07, 6.45) is -4.29. The van der Waals surface area contributed by atoms with Crippen LogP contribution in [0.4, 0.5) is 13.2 Å². The fourth-order valence-electron chi connectivity index (χ4n) is 1.54. The Morgan fingerprint density at radius 1 is 1.40 bits per heavy atom. The molecular weight excluding hydrogens is 209 g/mol. The third-order valence-corrected chi connectivity index (χ3v) is 2.22. The topological polar surface area (TPSA) is 38.5 Å². The van der Waals surface area contributed by atoms with Crippen molar-refractivity contribution in [3.05, 3.63) is 0 Å². The number of nitrogens with two attached hydrogens (primary N) is 1. The van der Waals surface area contributed by atoms with E-state index >= 15 is 0 Å². The zero-order valence-electron chi connectivity index (χ0n) is 9.34. The molecule has 0 aromatic heterocycles. The number of likely N-dealkylation sites (N-methyl/N-ethyl adjacent to an activating group) is 1. The predicted molar refractivity (Wildman–Crippen MR) is 52.6 cm³/mol. The van der Waals surface area contributed by atoms with Crippen molar-refractivity contribution in [2.45, 2.75) is 32.1 Å². The smallest absolute Gasteiger partial charge is 0.383 e. The summed E-state index contributed by atoms with van der Waals surface area (Å²) in [6, 6.07) is -2.54. The second-order valence-electron chi connectivity index (χ2n) is 3.47. The van der Waals surface area contributed by atoms with E-state index in [0.29, 0.717) is 6.54 Å². The van der Waals surface area contributed by atoms with Crippen LogP contribution in [0.5, 0.6) is 0 Å². The zero-order chi connectivity index (χ0) is 12.1. The maximum Gasteiger partial charge on any atom is 0.405 e. The average Bonchev–Trinajstić information content (AvgIpc) is 2.08. The number of rotatable bonds is 6. The van der Waals surface area contributed by atoms with Gasteiger partial charge in [-0.3, -0.25) is 4.90 Å². The first-order valence-electron chi connectivity index (χ1n) is 4.89. The van der Waals surface area contributed by atoms with Crippen molar-refractivity contribution in [2.75, 3.05) is 26.8 Å². The van der Waals surface area contributed by atoms with Crippen LogP contribution in [-0.2, 0) is 4.74 Å². The van der Waals surface area contributed by atoms with Crippen molar-refractivity contribution >= 4 is 0 Å². The molecule has 0 aromatic rings. The summed E-state index contributed by atoms with van der Waals surface area (Å²) in [6.45, 7) is 3.85. The largest absolute Gasteiger partial charge is 0.405 e. The minimum atomic E-state index is -4.29. The third-order valence-electron chi connectivity index (χ3n) is 2.22. The van der Waals surface area contributed by atoms with Crippen molar-refractivity contribution in [1.29, 1.82) is 0 Å². The highest BCUT2D eigenvalue weighted by molar-refractivity contribution is 4.85. The van der Waals surface area contributed by atoms with Crippen LogP contribution in [0.1, 0.15) is 13.8 Å². The molecule has 0 fully saturated rings. The van der Waals surface area contributed by atoms with Crippen LogP contribution in [0, 0.1) is 0 Å². The van der Waals surface area contributed by atoms with Crippen molar-refractivity contribution < 1.29 is 17.9 Å². The van der Waals surface area contributed by atoms with Gasteiger partial charge in [-0.15, -0.1) is 0 Å². The lowest BCUT2D eigenvalue weighted by Crippen LogP contribution is -2.55. The Morgan fingerprint density at radius 2 is 1.93 bits per heavy atom. The lowest BCUT2D eigenvalue weighted by molar-refractivity contribution is -0.188. The van der Waals surface area contributed by atoms with Gasteiger partial charge in [-0.1, -0.05) is 6.92 Å². The number of hydrogen-bond donors (Lipinski definition) is 1. The second kappa shape index (κ2) is 6.30. The number of hydrogen-bond acceptors (Lipinski definition) is 3. The fraction of sp³-hybridized carbons (Fsp3) is 1.00. The van der Waals surface area contributed by atoms with Gasteiger partial charge in [-0.25, -0.2) is 0 Å². The number of methoxy groups -OCH3 is 1. The Kier molecular flexibility index (Phi) is 6.16. The molecule has 0 rings (SSSR count). The van der Waals surface area contributed by atoms with E-state index in [-0.39, 0.29) is 13.2 Å². The van der Waals surface area contributed by atoms with E-state index in [1.54, 1.807) is 6.92 Å². The molecule has 15 heavy (non-hydrogen) atoms. The van der Waals surface area contributed by atoms with E-state index in [2.05, 4.69) is 0 Å². The van der Waals surface area contributed by atoms with Gasteiger partial charge in [0.1, 0.15) is 6.04 Å². The molecule has 0 aromatic carbocycles. The first kappa shape index (κ1) is 14.7. The predicted octanol–water partition coefficient (Wildman–Crippen LogP) is 1.23. The van der Waals surface area contributed by atoms with Crippen LogP contribution >= 0.6 is 0 Å². The maximum atomic E-state index is 12.7. The summed E-state index contributed by atoms with van der Waals surface area (Å²) in [4.78, 5) is 1.29. The standard InChI is InChI=1S/C9H19F3N2O/c1-4-14(5-6-15-3)8(7(2)13)9(10,11)12/h7-8H,4-6,13H2,1-3H3. The van der Waals surface area contributed by atoms with Gasteiger partial charge >= 0.3 is 6.18 Å². The molecule has 0 aliphatic rings. The molecule has 0 bridgehead atoms. The Balaban J connectivity index is 4.56. The van der Waals surface area contributed by atoms with Gasteiger partial charge in [0.15, 0.2) is 0 Å². The lowest BCUT2D eigenvalue weighted by atomic mass is 10.1. The molecule has 0 saturated heterocycles. The molecule has 0 saturated carbocycles. The Morgan fingerprint density at radius 3 is 2.20 bits per heavy atom. The number of alkyl halides is 3. The quantitative estimate of drug-likeness (QED) is 0.743. The summed E-state index contributed by atoms with van der Waals surface area (Å²) in [5.41, 5.74) is 5.37. The van der Waals surface area contributed by atoms with Crippen molar-refractivity contribution in [3.8, 4) is 0 Å². The highest BCUT2D eigenvalue weighted by Gasteiger charge is 2.45. The van der Waals surface area contributed by atoms with Gasteiger partial charge in [0.25, 0.3) is 0 Å². The summed E-state index contributed by atoms with van der Waals surface area (Å²) >= 11 is 0. The summed E-state index contributed by atoms with van der Waals surface area (Å²) in [5.74, 6) is 0. The highest BCUT2D eigenvalue weighted by Crippen LogP contribution is 2.26. The van der Waals surface area contributed by atoms with Crippen LogP contribution in [0.25, 0.3) is 0 Å². The monoisotopic (exact) mass is 228 g/mol. The average molecular weight is 228 g/mol. The van der Waals surface area contributed by atoms with Crippen LogP contribution in [0.3, 0.4) is 0 Å². The van der Waals surface area contributed by atoms with E-state index < -0.39 is 18.3 Å². The van der Waals surface area contributed by atoms with Crippen molar-refractivity contribution in [1.82, 2.24) is 4.90 Å². The summed E-state index contributed by atoms with van der Waals surface area (Å²) in [5, 5.41) is 0. The van der Waals surface area contributed by atoms with E-state index in [1.165, 1.54) is 18.9 Å². The first-order valence-corrected chi connectivity index (χ1v) is 4.89. The molecule has 92 valence electrons. The van der Waals surface area contributed by atoms with E-state index in [0.717, 1.165) is 0 Å². The molecule has 0 amide bonds. The van der Waals surface area contributed by atoms with Gasteiger partial charge in [0, 0.05) is 19.7 Å². The molecule has 6 heteroatoms. The number of nitrogens with zero attached hydrogens (tertiary/aromatic N) is 1. The maximum absolute atomic E-state index is 12.7. The molecule has 2 atom stereocenters. The molecule has 0 aliphatic heterocycles. The summed E-state index contributed by atoms with van der Waals surface area (Å²) in [7, 11) is 1.46. The Bertz CT molecular complexity index is 173.